The quantitative estimate of drug-likeness (QED) is 0.800. The number of hydrogen-bond acceptors (Lipinski definition) is 3. The summed E-state index contributed by atoms with van der Waals surface area (Å²) >= 11 is 0. The molecular weight excluding hydrogens is 226 g/mol. The molecule has 18 heavy (non-hydrogen) atoms. The van der Waals surface area contributed by atoms with E-state index in [1.807, 2.05) is 24.1 Å². The van der Waals surface area contributed by atoms with Crippen molar-refractivity contribution in [2.75, 3.05) is 25.5 Å². The van der Waals surface area contributed by atoms with E-state index in [2.05, 4.69) is 36.6 Å². The van der Waals surface area contributed by atoms with E-state index in [0.717, 1.165) is 12.2 Å². The summed E-state index contributed by atoms with van der Waals surface area (Å²) < 4.78 is 0. The van der Waals surface area contributed by atoms with Gasteiger partial charge in [-0.3, -0.25) is 4.79 Å². The fourth-order valence-electron chi connectivity index (χ4n) is 1.58. The topological polar surface area (TPSA) is 44.4 Å². The number of benzene rings is 1. The normalized spacial score (nSPS) is 10.5. The molecule has 0 saturated carbocycles. The third kappa shape index (κ3) is 4.75. The highest BCUT2D eigenvalue weighted by Crippen LogP contribution is 2.13. The Kier molecular flexibility index (Phi) is 5.65. The van der Waals surface area contributed by atoms with Crippen LogP contribution < -0.4 is 15.5 Å². The van der Waals surface area contributed by atoms with Crippen LogP contribution in [0.25, 0.3) is 0 Å². The van der Waals surface area contributed by atoms with Gasteiger partial charge in [0.2, 0.25) is 5.91 Å². The van der Waals surface area contributed by atoms with Crippen molar-refractivity contribution in [1.82, 2.24) is 10.6 Å². The predicted octanol–water partition coefficient (Wildman–Crippen LogP) is 1.37. The fraction of sp³-hybridized carbons (Fsp3) is 0.500. The first-order valence-corrected chi connectivity index (χ1v) is 6.27. The van der Waals surface area contributed by atoms with Crippen molar-refractivity contribution in [2.24, 2.45) is 0 Å². The van der Waals surface area contributed by atoms with E-state index in [1.165, 1.54) is 5.56 Å². The molecule has 4 heteroatoms. The molecule has 0 aliphatic carbocycles. The number of carbonyl (C=O) groups excluding carboxylic acids is 1. The molecular formula is C14H23N3O. The molecule has 100 valence electrons. The number of likely N-dealkylation sites (N-methyl/N-ethyl adjacent to an activating group) is 2. The van der Waals surface area contributed by atoms with Crippen LogP contribution in [0.2, 0.25) is 0 Å². The molecule has 0 aliphatic heterocycles. The maximum Gasteiger partial charge on any atom is 0.239 e. The fourth-order valence-corrected chi connectivity index (χ4v) is 1.58. The average Bonchev–Trinajstić information content (AvgIpc) is 2.36. The van der Waals surface area contributed by atoms with Gasteiger partial charge in [0.05, 0.1) is 6.54 Å². The minimum Gasteiger partial charge on any atom is -0.365 e. The first-order valence-electron chi connectivity index (χ1n) is 6.27. The summed E-state index contributed by atoms with van der Waals surface area (Å²) in [7, 11) is 3.56. The molecule has 0 spiro atoms. The third-order valence-corrected chi connectivity index (χ3v) is 2.75. The molecule has 0 atom stereocenters. The predicted molar refractivity (Wildman–Crippen MR) is 75.8 cm³/mol. The number of nitrogens with zero attached hydrogens (tertiary/aromatic N) is 1. The minimum absolute atomic E-state index is 0.0167. The smallest absolute Gasteiger partial charge is 0.239 e. The molecule has 1 rings (SSSR count). The molecule has 0 unspecified atom stereocenters. The van der Waals surface area contributed by atoms with Crippen LogP contribution in [-0.4, -0.2) is 32.6 Å². The highest BCUT2D eigenvalue weighted by Gasteiger charge is 2.05. The van der Waals surface area contributed by atoms with E-state index >= 15 is 0 Å². The van der Waals surface area contributed by atoms with E-state index in [1.54, 1.807) is 7.05 Å². The van der Waals surface area contributed by atoms with Gasteiger partial charge in [-0.1, -0.05) is 26.0 Å². The maximum absolute atomic E-state index is 11.3. The second-order valence-corrected chi connectivity index (χ2v) is 4.73. The van der Waals surface area contributed by atoms with Crippen LogP contribution in [0.5, 0.6) is 0 Å². The molecule has 1 aromatic rings. The highest BCUT2D eigenvalue weighted by molar-refractivity contribution is 5.80. The van der Waals surface area contributed by atoms with E-state index in [9.17, 15) is 4.79 Å². The van der Waals surface area contributed by atoms with Gasteiger partial charge in [-0.05, 0) is 17.7 Å². The van der Waals surface area contributed by atoms with Gasteiger partial charge >= 0.3 is 0 Å². The maximum atomic E-state index is 11.3. The Morgan fingerprint density at radius 2 is 1.89 bits per heavy atom. The molecule has 0 saturated heterocycles. The average molecular weight is 249 g/mol. The molecule has 1 aromatic carbocycles. The molecule has 0 aromatic heterocycles. The van der Waals surface area contributed by atoms with E-state index in [4.69, 9.17) is 0 Å². The van der Waals surface area contributed by atoms with Gasteiger partial charge in [-0.25, -0.2) is 0 Å². The minimum atomic E-state index is 0.0167. The van der Waals surface area contributed by atoms with Crippen LogP contribution in [0.4, 0.5) is 5.69 Å². The number of rotatable bonds is 6. The lowest BCUT2D eigenvalue weighted by atomic mass is 10.2. The van der Waals surface area contributed by atoms with E-state index in [-0.39, 0.29) is 5.91 Å². The summed E-state index contributed by atoms with van der Waals surface area (Å²) in [5.41, 5.74) is 2.30. The van der Waals surface area contributed by atoms with Gasteiger partial charge in [0.1, 0.15) is 0 Å². The monoisotopic (exact) mass is 249 g/mol. The van der Waals surface area contributed by atoms with Gasteiger partial charge in [0.25, 0.3) is 0 Å². The van der Waals surface area contributed by atoms with E-state index in [0.29, 0.717) is 12.6 Å². The van der Waals surface area contributed by atoms with Crippen LogP contribution in [0, 0.1) is 0 Å². The Labute approximate surface area is 109 Å². The Balaban J connectivity index is 2.56. The van der Waals surface area contributed by atoms with Crippen molar-refractivity contribution in [3.8, 4) is 0 Å². The molecule has 0 fully saturated rings. The molecule has 2 N–H and O–H groups in total. The first-order chi connectivity index (χ1) is 8.52. The summed E-state index contributed by atoms with van der Waals surface area (Å²) in [6.45, 7) is 5.51. The van der Waals surface area contributed by atoms with E-state index < -0.39 is 0 Å². The van der Waals surface area contributed by atoms with Crippen LogP contribution in [0.3, 0.4) is 0 Å². The molecule has 0 bridgehead atoms. The highest BCUT2D eigenvalue weighted by atomic mass is 16.1. The standard InChI is InChI=1S/C14H23N3O/c1-11(2)16-9-12-5-7-13(8-6-12)17(4)10-14(18)15-3/h5-8,11,16H,9-10H2,1-4H3,(H,15,18). The number of carbonyl (C=O) groups is 1. The molecule has 0 radical (unpaired) electrons. The van der Waals surface area contributed by atoms with Crippen molar-refractivity contribution in [3.63, 3.8) is 0 Å². The summed E-state index contributed by atoms with van der Waals surface area (Å²) in [4.78, 5) is 13.2. The number of nitrogens with one attached hydrogen (secondary N) is 2. The number of amides is 1. The SMILES string of the molecule is CNC(=O)CN(C)c1ccc(CNC(C)C)cc1. The van der Waals surface area contributed by atoms with Crippen LogP contribution in [0.1, 0.15) is 19.4 Å². The zero-order chi connectivity index (χ0) is 13.5. The zero-order valence-corrected chi connectivity index (χ0v) is 11.7. The van der Waals surface area contributed by atoms with Crippen molar-refractivity contribution >= 4 is 11.6 Å². The van der Waals surface area contributed by atoms with Crippen LogP contribution in [0.15, 0.2) is 24.3 Å². The van der Waals surface area contributed by atoms with Gasteiger partial charge in [-0.15, -0.1) is 0 Å². The summed E-state index contributed by atoms with van der Waals surface area (Å²) in [5.74, 6) is 0.0167. The van der Waals surface area contributed by atoms with Gasteiger partial charge in [0, 0.05) is 32.4 Å². The Morgan fingerprint density at radius 1 is 1.28 bits per heavy atom. The van der Waals surface area contributed by atoms with Crippen LogP contribution in [-0.2, 0) is 11.3 Å². The van der Waals surface area contributed by atoms with Crippen molar-refractivity contribution in [2.45, 2.75) is 26.4 Å². The first kappa shape index (κ1) is 14.5. The number of hydrogen-bond donors (Lipinski definition) is 2. The van der Waals surface area contributed by atoms with Crippen molar-refractivity contribution < 1.29 is 4.79 Å². The Hall–Kier alpha value is -1.55. The van der Waals surface area contributed by atoms with Crippen LogP contribution >= 0.6 is 0 Å². The lowest BCUT2D eigenvalue weighted by Crippen LogP contribution is -2.32. The molecule has 4 nitrogen and oxygen atoms in total. The third-order valence-electron chi connectivity index (χ3n) is 2.75. The lowest BCUT2D eigenvalue weighted by Gasteiger charge is -2.18. The Morgan fingerprint density at radius 3 is 2.39 bits per heavy atom. The molecule has 1 amide bonds. The lowest BCUT2D eigenvalue weighted by molar-refractivity contribution is -0.119. The van der Waals surface area contributed by atoms with Gasteiger partial charge in [0.15, 0.2) is 0 Å². The van der Waals surface area contributed by atoms with Gasteiger partial charge < -0.3 is 15.5 Å². The molecule has 0 aliphatic rings. The van der Waals surface area contributed by atoms with Crippen molar-refractivity contribution in [1.29, 1.82) is 0 Å². The molecule has 0 heterocycles. The second kappa shape index (κ2) is 7.01. The summed E-state index contributed by atoms with van der Waals surface area (Å²) in [6, 6.07) is 8.75. The summed E-state index contributed by atoms with van der Waals surface area (Å²) in [6.07, 6.45) is 0. The summed E-state index contributed by atoms with van der Waals surface area (Å²) in [5, 5.41) is 5.99. The largest absolute Gasteiger partial charge is 0.365 e. The Bertz CT molecular complexity index is 373. The number of anilines is 1. The van der Waals surface area contributed by atoms with Gasteiger partial charge in [-0.2, -0.15) is 0 Å². The second-order valence-electron chi connectivity index (χ2n) is 4.73. The van der Waals surface area contributed by atoms with Crippen molar-refractivity contribution in [3.05, 3.63) is 29.8 Å². The zero-order valence-electron chi connectivity index (χ0n) is 11.7.